The molecule has 1 aromatic rings. The fourth-order valence-corrected chi connectivity index (χ4v) is 3.38. The third kappa shape index (κ3) is 11.7. The highest BCUT2D eigenvalue weighted by atomic mass is 19.4. The van der Waals surface area contributed by atoms with Crippen LogP contribution in [0.4, 0.5) is 18.9 Å². The van der Waals surface area contributed by atoms with Crippen LogP contribution in [0.3, 0.4) is 0 Å². The van der Waals surface area contributed by atoms with Gasteiger partial charge in [0, 0.05) is 18.7 Å². The molecule has 0 bridgehead atoms. The maximum atomic E-state index is 10.8. The van der Waals surface area contributed by atoms with E-state index >= 15 is 0 Å². The van der Waals surface area contributed by atoms with Crippen molar-refractivity contribution in [1.82, 2.24) is 10.2 Å². The Hall–Kier alpha value is -2.20. The van der Waals surface area contributed by atoms with Crippen LogP contribution in [-0.2, 0) is 11.3 Å². The van der Waals surface area contributed by atoms with Crippen molar-refractivity contribution in [3.05, 3.63) is 39.9 Å². The van der Waals surface area contributed by atoms with Gasteiger partial charge >= 0.3 is 12.1 Å². The number of carboxylic acids is 1. The Kier molecular flexibility index (Phi) is 12.1. The summed E-state index contributed by atoms with van der Waals surface area (Å²) in [7, 11) is 0. The number of carbonyl (C=O) groups is 1. The van der Waals surface area contributed by atoms with Gasteiger partial charge < -0.3 is 15.3 Å². The smallest absolute Gasteiger partial charge is 0.475 e. The summed E-state index contributed by atoms with van der Waals surface area (Å²) in [5.41, 5.74) is 1.16. The number of rotatable bonds is 10. The molecule has 0 atom stereocenters. The molecule has 0 unspecified atom stereocenters. The minimum Gasteiger partial charge on any atom is -0.475 e. The third-order valence-corrected chi connectivity index (χ3v) is 5.16. The fourth-order valence-electron chi connectivity index (χ4n) is 3.38. The second-order valence-corrected chi connectivity index (χ2v) is 7.71. The third-order valence-electron chi connectivity index (χ3n) is 5.16. The number of nitro groups is 1. The Morgan fingerprint density at radius 1 is 1.26 bits per heavy atom. The van der Waals surface area contributed by atoms with E-state index in [1.54, 1.807) is 18.2 Å². The minimum absolute atomic E-state index is 0.172. The molecule has 0 radical (unpaired) electrons. The van der Waals surface area contributed by atoms with Gasteiger partial charge in [0.05, 0.1) is 4.92 Å². The molecular formula is C21H32F3N3O4. The fraction of sp³-hybridized carbons (Fsp3) is 0.667. The zero-order chi connectivity index (χ0) is 23.3. The number of nitrogens with zero attached hydrogens (tertiary/aromatic N) is 2. The molecule has 1 fully saturated rings. The van der Waals surface area contributed by atoms with Crippen LogP contribution in [0.25, 0.3) is 0 Å². The molecule has 0 aliphatic carbocycles. The van der Waals surface area contributed by atoms with Crippen LogP contribution in [-0.4, -0.2) is 53.3 Å². The molecule has 1 aliphatic rings. The van der Waals surface area contributed by atoms with E-state index in [2.05, 4.69) is 17.1 Å². The average molecular weight is 447 g/mol. The zero-order valence-electron chi connectivity index (χ0n) is 17.9. The molecule has 1 saturated heterocycles. The maximum Gasteiger partial charge on any atom is 0.490 e. The van der Waals surface area contributed by atoms with Gasteiger partial charge in [-0.05, 0) is 56.9 Å². The van der Waals surface area contributed by atoms with Crippen LogP contribution in [0.1, 0.15) is 51.0 Å². The first-order valence-corrected chi connectivity index (χ1v) is 10.6. The number of hydrogen-bond acceptors (Lipinski definition) is 5. The van der Waals surface area contributed by atoms with Crippen LogP contribution < -0.4 is 5.32 Å². The molecule has 0 amide bonds. The van der Waals surface area contributed by atoms with E-state index in [0.29, 0.717) is 6.54 Å². The Bertz CT molecular complexity index is 678. The Balaban J connectivity index is 0.000000592. The molecule has 2 rings (SSSR count). The lowest BCUT2D eigenvalue weighted by atomic mass is 9.96. The van der Waals surface area contributed by atoms with Gasteiger partial charge in [-0.15, -0.1) is 0 Å². The van der Waals surface area contributed by atoms with E-state index in [4.69, 9.17) is 9.90 Å². The average Bonchev–Trinajstić information content (AvgIpc) is 2.72. The van der Waals surface area contributed by atoms with Crippen molar-refractivity contribution in [2.45, 2.75) is 58.2 Å². The zero-order valence-corrected chi connectivity index (χ0v) is 17.9. The maximum absolute atomic E-state index is 10.8. The van der Waals surface area contributed by atoms with Gasteiger partial charge in [0.2, 0.25) is 0 Å². The van der Waals surface area contributed by atoms with Crippen molar-refractivity contribution >= 4 is 11.7 Å². The molecule has 31 heavy (non-hydrogen) atoms. The number of halogens is 3. The van der Waals surface area contributed by atoms with Gasteiger partial charge in [-0.2, -0.15) is 13.2 Å². The quantitative estimate of drug-likeness (QED) is 0.309. The van der Waals surface area contributed by atoms with E-state index in [1.165, 1.54) is 58.2 Å². The number of likely N-dealkylation sites (tertiary alicyclic amines) is 1. The normalized spacial score (nSPS) is 15.2. The SMILES string of the molecule is CCCCCCN1CCC(CNCc2cccc([N+](=O)[O-])c2)CC1.O=C(O)C(F)(F)F. The molecule has 1 aromatic carbocycles. The first kappa shape index (κ1) is 26.8. The summed E-state index contributed by atoms with van der Waals surface area (Å²) in [6.45, 7) is 7.66. The number of aliphatic carboxylic acids is 1. The van der Waals surface area contributed by atoms with Crippen molar-refractivity contribution in [2.75, 3.05) is 26.2 Å². The molecule has 0 aromatic heterocycles. The summed E-state index contributed by atoms with van der Waals surface area (Å²) in [5, 5.41) is 21.4. The lowest BCUT2D eigenvalue weighted by molar-refractivity contribution is -0.384. The Morgan fingerprint density at radius 2 is 1.90 bits per heavy atom. The number of non-ortho nitro benzene ring substituents is 1. The van der Waals surface area contributed by atoms with Crippen molar-refractivity contribution in [2.24, 2.45) is 5.92 Å². The summed E-state index contributed by atoms with van der Waals surface area (Å²) in [4.78, 5) is 22.0. The first-order valence-electron chi connectivity index (χ1n) is 10.6. The van der Waals surface area contributed by atoms with E-state index in [0.717, 1.165) is 18.0 Å². The minimum atomic E-state index is -5.08. The van der Waals surface area contributed by atoms with Gasteiger partial charge in [0.25, 0.3) is 5.69 Å². The van der Waals surface area contributed by atoms with Gasteiger partial charge in [-0.25, -0.2) is 4.79 Å². The predicted octanol–water partition coefficient (Wildman–Crippen LogP) is 4.61. The van der Waals surface area contributed by atoms with Crippen LogP contribution >= 0.6 is 0 Å². The summed E-state index contributed by atoms with van der Waals surface area (Å²) in [5.74, 6) is -2.02. The van der Waals surface area contributed by atoms with Gasteiger partial charge in [0.1, 0.15) is 0 Å². The largest absolute Gasteiger partial charge is 0.490 e. The molecule has 176 valence electrons. The Morgan fingerprint density at radius 3 is 2.45 bits per heavy atom. The van der Waals surface area contributed by atoms with Crippen molar-refractivity contribution in [3.63, 3.8) is 0 Å². The van der Waals surface area contributed by atoms with Crippen molar-refractivity contribution < 1.29 is 28.0 Å². The molecule has 0 spiro atoms. The standard InChI is InChI=1S/C19H31N3O2.C2HF3O2/c1-2-3-4-5-11-21-12-9-17(10-13-21)15-20-16-18-7-6-8-19(14-18)22(23)24;3-2(4,5)1(6)7/h6-8,14,17,20H,2-5,9-13,15-16H2,1H3;(H,6,7). The number of nitro benzene ring substituents is 1. The van der Waals surface area contributed by atoms with E-state index in [-0.39, 0.29) is 10.6 Å². The number of benzene rings is 1. The number of piperidine rings is 1. The van der Waals surface area contributed by atoms with Crippen molar-refractivity contribution in [1.29, 1.82) is 0 Å². The molecule has 1 aliphatic heterocycles. The summed E-state index contributed by atoms with van der Waals surface area (Å²) in [6.07, 6.45) is 2.80. The van der Waals surface area contributed by atoms with Crippen LogP contribution in [0, 0.1) is 16.0 Å². The monoisotopic (exact) mass is 447 g/mol. The summed E-state index contributed by atoms with van der Waals surface area (Å²) < 4.78 is 31.7. The second-order valence-electron chi connectivity index (χ2n) is 7.71. The van der Waals surface area contributed by atoms with E-state index in [1.807, 2.05) is 6.07 Å². The highest BCUT2D eigenvalue weighted by Crippen LogP contribution is 2.18. The lowest BCUT2D eigenvalue weighted by Gasteiger charge is -2.32. The topological polar surface area (TPSA) is 95.7 Å². The summed E-state index contributed by atoms with van der Waals surface area (Å²) in [6, 6.07) is 6.90. The lowest BCUT2D eigenvalue weighted by Crippen LogP contribution is -2.37. The predicted molar refractivity (Wildman–Crippen MR) is 112 cm³/mol. The second kappa shape index (κ2) is 14.0. The van der Waals surface area contributed by atoms with Crippen LogP contribution in [0.5, 0.6) is 0 Å². The van der Waals surface area contributed by atoms with E-state index < -0.39 is 12.1 Å². The van der Waals surface area contributed by atoms with Gasteiger partial charge in [-0.1, -0.05) is 38.3 Å². The number of carboxylic acid groups (broad SMARTS) is 1. The number of hydrogen-bond donors (Lipinski definition) is 2. The molecule has 1 heterocycles. The molecule has 7 nitrogen and oxygen atoms in total. The van der Waals surface area contributed by atoms with Crippen molar-refractivity contribution in [3.8, 4) is 0 Å². The molecular weight excluding hydrogens is 415 g/mol. The van der Waals surface area contributed by atoms with E-state index in [9.17, 15) is 23.3 Å². The van der Waals surface area contributed by atoms with Gasteiger partial charge in [-0.3, -0.25) is 10.1 Å². The number of unbranched alkanes of at least 4 members (excludes halogenated alkanes) is 3. The molecule has 0 saturated carbocycles. The highest BCUT2D eigenvalue weighted by Gasteiger charge is 2.38. The van der Waals surface area contributed by atoms with Crippen LogP contribution in [0.15, 0.2) is 24.3 Å². The summed E-state index contributed by atoms with van der Waals surface area (Å²) >= 11 is 0. The number of alkyl halides is 3. The Labute approximate surface area is 180 Å². The van der Waals surface area contributed by atoms with Gasteiger partial charge in [0.15, 0.2) is 0 Å². The molecule has 10 heteroatoms. The number of nitrogens with one attached hydrogen (secondary N) is 1. The highest BCUT2D eigenvalue weighted by molar-refractivity contribution is 5.73. The van der Waals surface area contributed by atoms with Crippen LogP contribution in [0.2, 0.25) is 0 Å². The molecule has 2 N–H and O–H groups in total. The first-order chi connectivity index (χ1) is 14.6.